The first-order valence-corrected chi connectivity index (χ1v) is 7.25. The van der Waals surface area contributed by atoms with Crippen molar-refractivity contribution < 1.29 is 14.8 Å². The fraction of sp³-hybridized carbons (Fsp3) is 0.562. The number of hydrogen-bond donors (Lipinski definition) is 1. The Hall–Kier alpha value is -1.35. The molecule has 2 rings (SSSR count). The van der Waals surface area contributed by atoms with Gasteiger partial charge in [0.25, 0.3) is 0 Å². The Morgan fingerprint density at radius 2 is 1.95 bits per heavy atom. The summed E-state index contributed by atoms with van der Waals surface area (Å²) in [6, 6.07) is 8.73. The summed E-state index contributed by atoms with van der Waals surface area (Å²) in [6.07, 6.45) is 6.05. The van der Waals surface area contributed by atoms with Crippen LogP contribution >= 0.6 is 0 Å². The molecular weight excluding hydrogens is 238 g/mol. The number of quaternary nitrogens is 1. The summed E-state index contributed by atoms with van der Waals surface area (Å²) in [5.41, 5.74) is 2.50. The molecule has 1 aromatic rings. The van der Waals surface area contributed by atoms with Crippen LogP contribution in [0, 0.1) is 6.92 Å². The Balaban J connectivity index is 2.08. The summed E-state index contributed by atoms with van der Waals surface area (Å²) < 4.78 is 0. The van der Waals surface area contributed by atoms with Crippen LogP contribution in [0.4, 0.5) is 0 Å². The Morgan fingerprint density at radius 3 is 2.58 bits per heavy atom. The van der Waals surface area contributed by atoms with Gasteiger partial charge in [0, 0.05) is 5.56 Å². The van der Waals surface area contributed by atoms with E-state index < -0.39 is 5.97 Å². The molecule has 104 valence electrons. The maximum Gasteiger partial charge on any atom is 0.118 e. The van der Waals surface area contributed by atoms with E-state index >= 15 is 0 Å². The van der Waals surface area contributed by atoms with Crippen molar-refractivity contribution in [1.29, 1.82) is 0 Å². The van der Waals surface area contributed by atoms with Gasteiger partial charge in [0.05, 0.1) is 12.0 Å². The van der Waals surface area contributed by atoms with Crippen LogP contribution in [0.1, 0.15) is 43.2 Å². The first kappa shape index (κ1) is 14.1. The second-order valence-electron chi connectivity index (χ2n) is 5.65. The number of rotatable bonds is 5. The summed E-state index contributed by atoms with van der Waals surface area (Å²) in [5, 5.41) is 11.0. The number of hydrogen-bond acceptors (Lipinski definition) is 2. The normalized spacial score (nSPS) is 18.2. The van der Waals surface area contributed by atoms with Crippen molar-refractivity contribution in [2.45, 2.75) is 51.6 Å². The van der Waals surface area contributed by atoms with Gasteiger partial charge in [-0.25, -0.2) is 0 Å². The van der Waals surface area contributed by atoms with Gasteiger partial charge in [-0.15, -0.1) is 0 Å². The van der Waals surface area contributed by atoms with E-state index in [1.165, 1.54) is 30.4 Å². The van der Waals surface area contributed by atoms with Gasteiger partial charge < -0.3 is 14.8 Å². The van der Waals surface area contributed by atoms with E-state index in [0.29, 0.717) is 6.04 Å². The number of carbonyl (C=O) groups is 1. The molecule has 0 amide bonds. The van der Waals surface area contributed by atoms with Gasteiger partial charge in [-0.05, 0) is 38.2 Å². The second kappa shape index (κ2) is 6.71. The zero-order chi connectivity index (χ0) is 13.7. The van der Waals surface area contributed by atoms with E-state index in [0.717, 1.165) is 24.3 Å². The molecule has 0 spiro atoms. The van der Waals surface area contributed by atoms with Crippen molar-refractivity contribution in [3.05, 3.63) is 35.4 Å². The standard InChI is InChI=1S/C16H23NO2/c1-13-7-5-6-8-14(13)11-17(12-16(18)19)15-9-3-2-4-10-15/h5-8,15H,2-4,9-12H2,1H3,(H,18,19). The highest BCUT2D eigenvalue weighted by molar-refractivity contribution is 5.65. The minimum atomic E-state index is -0.936. The van der Waals surface area contributed by atoms with E-state index in [1.54, 1.807) is 0 Å². The van der Waals surface area contributed by atoms with Gasteiger partial charge in [0.15, 0.2) is 0 Å². The molecule has 1 saturated carbocycles. The Labute approximate surface area is 115 Å². The summed E-state index contributed by atoms with van der Waals surface area (Å²) in [6.45, 7) is 3.01. The molecule has 19 heavy (non-hydrogen) atoms. The smallest absolute Gasteiger partial charge is 0.118 e. The van der Waals surface area contributed by atoms with Crippen molar-refractivity contribution in [1.82, 2.24) is 0 Å². The van der Waals surface area contributed by atoms with Gasteiger partial charge in [0.1, 0.15) is 13.1 Å². The zero-order valence-electron chi connectivity index (χ0n) is 11.7. The molecule has 1 N–H and O–H groups in total. The molecule has 0 radical (unpaired) electrons. The molecule has 3 heteroatoms. The van der Waals surface area contributed by atoms with Crippen molar-refractivity contribution >= 4 is 5.97 Å². The fourth-order valence-corrected chi connectivity index (χ4v) is 3.10. The van der Waals surface area contributed by atoms with Crippen LogP contribution in [-0.4, -0.2) is 18.6 Å². The quantitative estimate of drug-likeness (QED) is 0.837. The molecule has 1 aromatic carbocycles. The van der Waals surface area contributed by atoms with Gasteiger partial charge >= 0.3 is 0 Å². The molecule has 1 unspecified atom stereocenters. The summed E-state index contributed by atoms with van der Waals surface area (Å²) in [5.74, 6) is -0.936. The molecule has 0 saturated heterocycles. The predicted octanol–water partition coefficient (Wildman–Crippen LogP) is 0.463. The number of aryl methyl sites for hydroxylation is 1. The zero-order valence-corrected chi connectivity index (χ0v) is 11.7. The third kappa shape index (κ3) is 4.06. The predicted molar refractivity (Wildman–Crippen MR) is 72.6 cm³/mol. The van der Waals surface area contributed by atoms with Gasteiger partial charge in [-0.1, -0.05) is 30.7 Å². The van der Waals surface area contributed by atoms with Crippen molar-refractivity contribution in [2.75, 3.05) is 6.54 Å². The van der Waals surface area contributed by atoms with E-state index in [1.807, 2.05) is 12.1 Å². The van der Waals surface area contributed by atoms with Crippen LogP contribution in [0.2, 0.25) is 0 Å². The van der Waals surface area contributed by atoms with Crippen LogP contribution < -0.4 is 10.0 Å². The third-order valence-electron chi connectivity index (χ3n) is 4.23. The topological polar surface area (TPSA) is 44.6 Å². The van der Waals surface area contributed by atoms with Gasteiger partial charge in [-0.3, -0.25) is 0 Å². The highest BCUT2D eigenvalue weighted by Crippen LogP contribution is 2.16. The lowest BCUT2D eigenvalue weighted by atomic mass is 9.93. The first-order chi connectivity index (χ1) is 9.16. The molecule has 1 atom stereocenters. The lowest BCUT2D eigenvalue weighted by molar-refractivity contribution is -0.934. The number of aliphatic carboxylic acids is 1. The maximum absolute atomic E-state index is 11.0. The molecule has 1 fully saturated rings. The number of nitrogens with one attached hydrogen (secondary N) is 1. The van der Waals surface area contributed by atoms with E-state index in [-0.39, 0.29) is 6.54 Å². The van der Waals surface area contributed by atoms with Crippen LogP contribution in [0.15, 0.2) is 24.3 Å². The summed E-state index contributed by atoms with van der Waals surface area (Å²) in [4.78, 5) is 12.2. The molecule has 0 aromatic heterocycles. The van der Waals surface area contributed by atoms with Crippen molar-refractivity contribution in [3.8, 4) is 0 Å². The lowest BCUT2D eigenvalue weighted by Crippen LogP contribution is -3.16. The largest absolute Gasteiger partial charge is 0.544 e. The van der Waals surface area contributed by atoms with E-state index in [9.17, 15) is 9.90 Å². The number of carboxylic acids is 1. The summed E-state index contributed by atoms with van der Waals surface area (Å²) >= 11 is 0. The van der Waals surface area contributed by atoms with Crippen molar-refractivity contribution in [2.24, 2.45) is 0 Å². The minimum absolute atomic E-state index is 0.124. The minimum Gasteiger partial charge on any atom is -0.544 e. The highest BCUT2D eigenvalue weighted by Gasteiger charge is 2.25. The Kier molecular flexibility index (Phi) is 4.97. The molecule has 3 nitrogen and oxygen atoms in total. The highest BCUT2D eigenvalue weighted by atomic mass is 16.4. The van der Waals surface area contributed by atoms with Gasteiger partial charge in [0.2, 0.25) is 0 Å². The molecule has 0 bridgehead atoms. The van der Waals surface area contributed by atoms with E-state index in [2.05, 4.69) is 19.1 Å². The average Bonchev–Trinajstić information content (AvgIpc) is 2.41. The van der Waals surface area contributed by atoms with Crippen LogP contribution in [0.3, 0.4) is 0 Å². The first-order valence-electron chi connectivity index (χ1n) is 7.25. The van der Waals surface area contributed by atoms with Crippen LogP contribution in [0.5, 0.6) is 0 Å². The van der Waals surface area contributed by atoms with Crippen molar-refractivity contribution in [3.63, 3.8) is 0 Å². The molecule has 1 aliphatic carbocycles. The molecular formula is C16H23NO2. The fourth-order valence-electron chi connectivity index (χ4n) is 3.10. The Morgan fingerprint density at radius 1 is 1.26 bits per heavy atom. The number of carboxylic acid groups (broad SMARTS) is 1. The SMILES string of the molecule is Cc1ccccc1C[NH+](CC(=O)[O-])C1CCCCC1. The third-order valence-corrected chi connectivity index (χ3v) is 4.23. The molecule has 0 aliphatic heterocycles. The maximum atomic E-state index is 11.0. The second-order valence-corrected chi connectivity index (χ2v) is 5.65. The van der Waals surface area contributed by atoms with Crippen LogP contribution in [0.25, 0.3) is 0 Å². The number of benzene rings is 1. The number of carbonyl (C=O) groups excluding carboxylic acids is 1. The molecule has 1 aliphatic rings. The Bertz CT molecular complexity index is 425. The van der Waals surface area contributed by atoms with Crippen LogP contribution in [-0.2, 0) is 11.3 Å². The lowest BCUT2D eigenvalue weighted by Gasteiger charge is -2.32. The van der Waals surface area contributed by atoms with Gasteiger partial charge in [-0.2, -0.15) is 0 Å². The summed E-state index contributed by atoms with van der Waals surface area (Å²) in [7, 11) is 0. The average molecular weight is 261 g/mol. The van der Waals surface area contributed by atoms with E-state index in [4.69, 9.17) is 0 Å². The molecule has 0 heterocycles. The monoisotopic (exact) mass is 261 g/mol.